The molecule has 112 valence electrons. The highest BCUT2D eigenvalue weighted by molar-refractivity contribution is 9.10. The molecule has 5 heteroatoms. The lowest BCUT2D eigenvalue weighted by Gasteiger charge is -2.28. The number of halogens is 2. The van der Waals surface area contributed by atoms with E-state index in [4.69, 9.17) is 26.8 Å². The summed E-state index contributed by atoms with van der Waals surface area (Å²) in [5.74, 6) is 1.36. The van der Waals surface area contributed by atoms with Crippen molar-refractivity contribution in [3.8, 4) is 11.5 Å². The third-order valence-corrected chi connectivity index (χ3v) is 4.49. The van der Waals surface area contributed by atoms with Gasteiger partial charge in [-0.25, -0.2) is 0 Å². The van der Waals surface area contributed by atoms with Crippen LogP contribution in [0, 0.1) is 0 Å². The van der Waals surface area contributed by atoms with Crippen molar-refractivity contribution < 1.29 is 9.47 Å². The normalized spacial score (nSPS) is 13.6. The van der Waals surface area contributed by atoms with Crippen LogP contribution >= 0.6 is 27.5 Å². The molecule has 0 aliphatic carbocycles. The highest BCUT2D eigenvalue weighted by atomic mass is 79.9. The van der Waals surface area contributed by atoms with Crippen LogP contribution in [0.25, 0.3) is 0 Å². The van der Waals surface area contributed by atoms with Crippen LogP contribution in [0.5, 0.6) is 11.5 Å². The molecular weight excluding hydrogens is 354 g/mol. The van der Waals surface area contributed by atoms with Gasteiger partial charge in [0, 0.05) is 10.6 Å². The quantitative estimate of drug-likeness (QED) is 0.870. The molecule has 0 amide bonds. The van der Waals surface area contributed by atoms with Crippen molar-refractivity contribution in [2.24, 2.45) is 5.73 Å². The summed E-state index contributed by atoms with van der Waals surface area (Å²) in [6.45, 7) is 1.94. The number of hydrogen-bond acceptors (Lipinski definition) is 3. The fourth-order valence-corrected chi connectivity index (χ4v) is 3.05. The van der Waals surface area contributed by atoms with E-state index in [1.807, 2.05) is 43.3 Å². The Hall–Kier alpha value is -1.23. The SMILES string of the molecule is COc1ccc(C(C)(N)c2ccc(Cl)cc2)c(OC)c1Br. The minimum absolute atomic E-state index is 0.661. The zero-order valence-corrected chi connectivity index (χ0v) is 14.5. The van der Waals surface area contributed by atoms with Crippen LogP contribution in [0.2, 0.25) is 5.02 Å². The first-order chi connectivity index (χ1) is 9.91. The van der Waals surface area contributed by atoms with Gasteiger partial charge in [-0.3, -0.25) is 0 Å². The maximum Gasteiger partial charge on any atom is 0.142 e. The van der Waals surface area contributed by atoms with E-state index in [0.29, 0.717) is 16.5 Å². The first-order valence-electron chi connectivity index (χ1n) is 6.37. The topological polar surface area (TPSA) is 44.5 Å². The van der Waals surface area contributed by atoms with Crippen molar-refractivity contribution in [3.05, 3.63) is 57.0 Å². The van der Waals surface area contributed by atoms with E-state index in [-0.39, 0.29) is 0 Å². The lowest BCUT2D eigenvalue weighted by molar-refractivity contribution is 0.379. The van der Waals surface area contributed by atoms with Gasteiger partial charge in [-0.15, -0.1) is 0 Å². The zero-order chi connectivity index (χ0) is 15.6. The Bertz CT molecular complexity index is 641. The van der Waals surface area contributed by atoms with E-state index in [2.05, 4.69) is 15.9 Å². The summed E-state index contributed by atoms with van der Waals surface area (Å²) in [5, 5.41) is 0.678. The summed E-state index contributed by atoms with van der Waals surface area (Å²) in [5.41, 5.74) is 7.65. The van der Waals surface area contributed by atoms with Crippen LogP contribution in [0.15, 0.2) is 40.9 Å². The summed E-state index contributed by atoms with van der Waals surface area (Å²) >= 11 is 9.44. The van der Waals surface area contributed by atoms with Crippen LogP contribution in [0.3, 0.4) is 0 Å². The Morgan fingerprint density at radius 2 is 1.67 bits per heavy atom. The van der Waals surface area contributed by atoms with Crippen LogP contribution in [-0.4, -0.2) is 14.2 Å². The largest absolute Gasteiger partial charge is 0.495 e. The second kappa shape index (κ2) is 6.26. The first-order valence-corrected chi connectivity index (χ1v) is 7.54. The Kier molecular flexibility index (Phi) is 4.81. The number of hydrogen-bond donors (Lipinski definition) is 1. The molecule has 0 fully saturated rings. The Balaban J connectivity index is 2.59. The Morgan fingerprint density at radius 1 is 1.05 bits per heavy atom. The average molecular weight is 371 g/mol. The van der Waals surface area contributed by atoms with Crippen molar-refractivity contribution in [2.75, 3.05) is 14.2 Å². The lowest BCUT2D eigenvalue weighted by Crippen LogP contribution is -2.34. The molecule has 0 saturated heterocycles. The second-order valence-electron chi connectivity index (χ2n) is 4.87. The van der Waals surface area contributed by atoms with Crippen molar-refractivity contribution in [1.82, 2.24) is 0 Å². The molecule has 0 spiro atoms. The summed E-state index contributed by atoms with van der Waals surface area (Å²) in [6, 6.07) is 11.3. The van der Waals surface area contributed by atoms with Gasteiger partial charge < -0.3 is 15.2 Å². The number of methoxy groups -OCH3 is 2. The summed E-state index contributed by atoms with van der Waals surface area (Å²) in [6.07, 6.45) is 0. The molecule has 2 aromatic carbocycles. The third-order valence-electron chi connectivity index (χ3n) is 3.49. The molecule has 0 radical (unpaired) electrons. The van der Waals surface area contributed by atoms with Gasteiger partial charge in [-0.2, -0.15) is 0 Å². The molecule has 21 heavy (non-hydrogen) atoms. The minimum atomic E-state index is -0.718. The smallest absolute Gasteiger partial charge is 0.142 e. The van der Waals surface area contributed by atoms with Crippen molar-refractivity contribution in [2.45, 2.75) is 12.5 Å². The van der Waals surface area contributed by atoms with E-state index in [1.54, 1.807) is 14.2 Å². The molecule has 1 unspecified atom stereocenters. The second-order valence-corrected chi connectivity index (χ2v) is 6.10. The van der Waals surface area contributed by atoms with Crippen LogP contribution < -0.4 is 15.2 Å². The van der Waals surface area contributed by atoms with Gasteiger partial charge in [0.2, 0.25) is 0 Å². The van der Waals surface area contributed by atoms with Crippen LogP contribution in [0.1, 0.15) is 18.1 Å². The van der Waals surface area contributed by atoms with Crippen molar-refractivity contribution in [3.63, 3.8) is 0 Å². The predicted octanol–water partition coefficient (Wildman–Crippen LogP) is 4.34. The summed E-state index contributed by atoms with van der Waals surface area (Å²) in [4.78, 5) is 0. The first kappa shape index (κ1) is 16.1. The molecule has 2 aromatic rings. The van der Waals surface area contributed by atoms with Gasteiger partial charge in [0.1, 0.15) is 16.0 Å². The van der Waals surface area contributed by atoms with E-state index in [0.717, 1.165) is 15.6 Å². The molecule has 0 aliphatic rings. The molecule has 1 atom stereocenters. The lowest BCUT2D eigenvalue weighted by atomic mass is 9.85. The van der Waals surface area contributed by atoms with Crippen LogP contribution in [-0.2, 0) is 5.54 Å². The van der Waals surface area contributed by atoms with Gasteiger partial charge in [0.25, 0.3) is 0 Å². The van der Waals surface area contributed by atoms with Gasteiger partial charge in [0.15, 0.2) is 0 Å². The molecule has 0 aliphatic heterocycles. The molecule has 3 nitrogen and oxygen atoms in total. The molecular formula is C16H17BrClNO2. The summed E-state index contributed by atoms with van der Waals surface area (Å²) < 4.78 is 11.6. The zero-order valence-electron chi connectivity index (χ0n) is 12.1. The van der Waals surface area contributed by atoms with Crippen molar-refractivity contribution >= 4 is 27.5 Å². The third kappa shape index (κ3) is 3.03. The van der Waals surface area contributed by atoms with E-state index >= 15 is 0 Å². The Labute approximate surface area is 138 Å². The fraction of sp³-hybridized carbons (Fsp3) is 0.250. The highest BCUT2D eigenvalue weighted by Crippen LogP contribution is 2.42. The monoisotopic (exact) mass is 369 g/mol. The molecule has 2 rings (SSSR count). The number of rotatable bonds is 4. The fourth-order valence-electron chi connectivity index (χ4n) is 2.26. The van der Waals surface area contributed by atoms with Crippen molar-refractivity contribution in [1.29, 1.82) is 0 Å². The molecule has 0 saturated carbocycles. The molecule has 0 aromatic heterocycles. The maximum atomic E-state index is 6.56. The number of nitrogens with two attached hydrogens (primary N) is 1. The van der Waals surface area contributed by atoms with Gasteiger partial charge in [-0.1, -0.05) is 23.7 Å². The van der Waals surface area contributed by atoms with Gasteiger partial charge in [-0.05, 0) is 52.7 Å². The van der Waals surface area contributed by atoms with E-state index in [9.17, 15) is 0 Å². The van der Waals surface area contributed by atoms with Crippen LogP contribution in [0.4, 0.5) is 0 Å². The molecule has 2 N–H and O–H groups in total. The number of benzene rings is 2. The van der Waals surface area contributed by atoms with Gasteiger partial charge >= 0.3 is 0 Å². The molecule has 0 heterocycles. The Morgan fingerprint density at radius 3 is 2.19 bits per heavy atom. The maximum absolute atomic E-state index is 6.56. The highest BCUT2D eigenvalue weighted by Gasteiger charge is 2.29. The van der Waals surface area contributed by atoms with Gasteiger partial charge in [0.05, 0.1) is 19.8 Å². The molecule has 0 bridgehead atoms. The van der Waals surface area contributed by atoms with E-state index in [1.165, 1.54) is 0 Å². The average Bonchev–Trinajstić information content (AvgIpc) is 2.47. The predicted molar refractivity (Wildman–Crippen MR) is 89.3 cm³/mol. The summed E-state index contributed by atoms with van der Waals surface area (Å²) in [7, 11) is 3.22. The number of ether oxygens (including phenoxy) is 2. The standard InChI is InChI=1S/C16H17BrClNO2/c1-16(19,10-4-6-11(18)7-5-10)12-8-9-13(20-2)14(17)15(12)21-3/h4-9H,19H2,1-3H3. The van der Waals surface area contributed by atoms with E-state index < -0.39 is 5.54 Å². The minimum Gasteiger partial charge on any atom is -0.495 e.